The highest BCUT2D eigenvalue weighted by molar-refractivity contribution is 5.28. The summed E-state index contributed by atoms with van der Waals surface area (Å²) >= 11 is 0. The van der Waals surface area contributed by atoms with E-state index in [2.05, 4.69) is 21.5 Å². The zero-order valence-corrected chi connectivity index (χ0v) is 10.9. The first-order chi connectivity index (χ1) is 9.35. The van der Waals surface area contributed by atoms with Gasteiger partial charge in [-0.3, -0.25) is 0 Å². The molecular formula is C14H17N3O2. The Morgan fingerprint density at radius 3 is 3.11 bits per heavy atom. The molecule has 1 aliphatic rings. The van der Waals surface area contributed by atoms with Crippen molar-refractivity contribution in [2.24, 2.45) is 0 Å². The highest BCUT2D eigenvalue weighted by atomic mass is 16.5. The van der Waals surface area contributed by atoms with Crippen LogP contribution in [0.1, 0.15) is 36.0 Å². The molecule has 1 fully saturated rings. The van der Waals surface area contributed by atoms with E-state index in [1.54, 1.807) is 0 Å². The van der Waals surface area contributed by atoms with E-state index in [4.69, 9.17) is 9.26 Å². The van der Waals surface area contributed by atoms with Crippen LogP contribution in [0.3, 0.4) is 0 Å². The largest absolute Gasteiger partial charge is 0.485 e. The number of aromatic nitrogens is 2. The fourth-order valence-corrected chi connectivity index (χ4v) is 1.92. The fourth-order valence-electron chi connectivity index (χ4n) is 1.92. The quantitative estimate of drug-likeness (QED) is 0.862. The fraction of sp³-hybridized carbons (Fsp3) is 0.429. The number of ether oxygens (including phenoxy) is 1. The molecule has 3 rings (SSSR count). The van der Waals surface area contributed by atoms with Gasteiger partial charge in [0.2, 0.25) is 11.7 Å². The van der Waals surface area contributed by atoms with Crippen LogP contribution in [-0.4, -0.2) is 17.2 Å². The average Bonchev–Trinajstić information content (AvgIpc) is 3.17. The molecule has 0 spiro atoms. The lowest BCUT2D eigenvalue weighted by molar-refractivity contribution is 0.285. The first-order valence-corrected chi connectivity index (χ1v) is 6.54. The van der Waals surface area contributed by atoms with Gasteiger partial charge in [0.05, 0.1) is 0 Å². The molecule has 0 aliphatic heterocycles. The Labute approximate surface area is 112 Å². The molecule has 0 radical (unpaired) electrons. The van der Waals surface area contributed by atoms with Crippen LogP contribution in [0.2, 0.25) is 0 Å². The normalized spacial score (nSPS) is 14.6. The predicted octanol–water partition coefficient (Wildman–Crippen LogP) is 2.25. The highest BCUT2D eigenvalue weighted by Crippen LogP contribution is 2.38. The van der Waals surface area contributed by atoms with Crippen LogP contribution in [0.4, 0.5) is 0 Å². The smallest absolute Gasteiger partial charge is 0.229 e. The molecule has 1 saturated carbocycles. The first kappa shape index (κ1) is 12.2. The highest BCUT2D eigenvalue weighted by Gasteiger charge is 2.29. The molecule has 1 aromatic heterocycles. The van der Waals surface area contributed by atoms with Gasteiger partial charge in [-0.2, -0.15) is 4.98 Å². The van der Waals surface area contributed by atoms with Crippen LogP contribution in [0.25, 0.3) is 0 Å². The van der Waals surface area contributed by atoms with Gasteiger partial charge in [-0.05, 0) is 37.6 Å². The first-order valence-electron chi connectivity index (χ1n) is 6.54. The monoisotopic (exact) mass is 259 g/mol. The standard InChI is InChI=1S/C14H17N3O2/c1-15-8-10-3-2-4-12(7-10)18-9-13-16-14(19-17-13)11-5-6-11/h2-4,7,11,15H,5-6,8-9H2,1H3. The summed E-state index contributed by atoms with van der Waals surface area (Å²) in [5.74, 6) is 2.68. The zero-order valence-electron chi connectivity index (χ0n) is 10.9. The Morgan fingerprint density at radius 1 is 1.42 bits per heavy atom. The molecule has 100 valence electrons. The lowest BCUT2D eigenvalue weighted by atomic mass is 10.2. The van der Waals surface area contributed by atoms with Gasteiger partial charge in [0.1, 0.15) is 5.75 Å². The third-order valence-corrected chi connectivity index (χ3v) is 3.06. The average molecular weight is 259 g/mol. The van der Waals surface area contributed by atoms with Gasteiger partial charge in [0, 0.05) is 12.5 Å². The van der Waals surface area contributed by atoms with Crippen LogP contribution >= 0.6 is 0 Å². The lowest BCUT2D eigenvalue weighted by Gasteiger charge is -2.05. The summed E-state index contributed by atoms with van der Waals surface area (Å²) in [4.78, 5) is 4.33. The van der Waals surface area contributed by atoms with Gasteiger partial charge in [0.15, 0.2) is 6.61 Å². The van der Waals surface area contributed by atoms with Crippen LogP contribution in [-0.2, 0) is 13.2 Å². The van der Waals surface area contributed by atoms with E-state index in [1.165, 1.54) is 5.56 Å². The Morgan fingerprint density at radius 2 is 2.32 bits per heavy atom. The van der Waals surface area contributed by atoms with E-state index in [-0.39, 0.29) is 0 Å². The molecule has 0 bridgehead atoms. The Hall–Kier alpha value is -1.88. The third-order valence-electron chi connectivity index (χ3n) is 3.06. The molecule has 1 aliphatic carbocycles. The van der Waals surface area contributed by atoms with Crippen molar-refractivity contribution in [3.8, 4) is 5.75 Å². The number of nitrogens with zero attached hydrogens (tertiary/aromatic N) is 2. The van der Waals surface area contributed by atoms with Gasteiger partial charge in [-0.25, -0.2) is 0 Å². The van der Waals surface area contributed by atoms with Crippen LogP contribution < -0.4 is 10.1 Å². The summed E-state index contributed by atoms with van der Waals surface area (Å²) in [7, 11) is 1.92. The Balaban J connectivity index is 1.59. The second-order valence-corrected chi connectivity index (χ2v) is 4.79. The molecule has 0 saturated heterocycles. The van der Waals surface area contributed by atoms with Crippen molar-refractivity contribution in [2.45, 2.75) is 31.9 Å². The maximum Gasteiger partial charge on any atom is 0.229 e. The molecule has 0 unspecified atom stereocenters. The maximum absolute atomic E-state index is 5.68. The second kappa shape index (κ2) is 5.40. The molecule has 0 atom stereocenters. The van der Waals surface area contributed by atoms with Gasteiger partial charge >= 0.3 is 0 Å². The molecular weight excluding hydrogens is 242 g/mol. The molecule has 0 amide bonds. The summed E-state index contributed by atoms with van der Waals surface area (Å²) in [6.07, 6.45) is 2.32. The lowest BCUT2D eigenvalue weighted by Crippen LogP contribution is -2.05. The van der Waals surface area contributed by atoms with Crippen molar-refractivity contribution in [1.29, 1.82) is 0 Å². The summed E-state index contributed by atoms with van der Waals surface area (Å²) in [6, 6.07) is 7.98. The molecule has 5 nitrogen and oxygen atoms in total. The van der Waals surface area contributed by atoms with Gasteiger partial charge in [0.25, 0.3) is 0 Å². The van der Waals surface area contributed by atoms with Crippen molar-refractivity contribution >= 4 is 0 Å². The minimum atomic E-state index is 0.346. The van der Waals surface area contributed by atoms with Crippen molar-refractivity contribution < 1.29 is 9.26 Å². The van der Waals surface area contributed by atoms with Gasteiger partial charge < -0.3 is 14.6 Å². The third kappa shape index (κ3) is 3.12. The molecule has 1 aromatic carbocycles. The number of hydrogen-bond acceptors (Lipinski definition) is 5. The van der Waals surface area contributed by atoms with E-state index in [1.807, 2.05) is 25.2 Å². The molecule has 19 heavy (non-hydrogen) atoms. The summed E-state index contributed by atoms with van der Waals surface area (Å²) < 4.78 is 10.9. The summed E-state index contributed by atoms with van der Waals surface area (Å²) in [6.45, 7) is 1.17. The zero-order chi connectivity index (χ0) is 13.1. The van der Waals surface area contributed by atoms with E-state index >= 15 is 0 Å². The van der Waals surface area contributed by atoms with E-state index in [9.17, 15) is 0 Å². The summed E-state index contributed by atoms with van der Waals surface area (Å²) in [5, 5.41) is 7.04. The van der Waals surface area contributed by atoms with Crippen molar-refractivity contribution in [3.63, 3.8) is 0 Å². The molecule has 5 heteroatoms. The maximum atomic E-state index is 5.68. The molecule has 2 aromatic rings. The minimum Gasteiger partial charge on any atom is -0.485 e. The Bertz CT molecular complexity index is 549. The topological polar surface area (TPSA) is 60.2 Å². The molecule has 1 N–H and O–H groups in total. The predicted molar refractivity (Wildman–Crippen MR) is 69.8 cm³/mol. The Kier molecular flexibility index (Phi) is 3.46. The number of hydrogen-bond donors (Lipinski definition) is 1. The number of benzene rings is 1. The molecule has 1 heterocycles. The van der Waals surface area contributed by atoms with Crippen molar-refractivity contribution in [2.75, 3.05) is 7.05 Å². The van der Waals surface area contributed by atoms with E-state index in [0.717, 1.165) is 31.0 Å². The van der Waals surface area contributed by atoms with Gasteiger partial charge in [-0.15, -0.1) is 0 Å². The van der Waals surface area contributed by atoms with Crippen molar-refractivity contribution in [3.05, 3.63) is 41.5 Å². The van der Waals surface area contributed by atoms with Crippen LogP contribution in [0.15, 0.2) is 28.8 Å². The van der Waals surface area contributed by atoms with E-state index < -0.39 is 0 Å². The van der Waals surface area contributed by atoms with Crippen LogP contribution in [0.5, 0.6) is 5.75 Å². The number of nitrogens with one attached hydrogen (secondary N) is 1. The summed E-state index contributed by atoms with van der Waals surface area (Å²) in [5.41, 5.74) is 1.19. The van der Waals surface area contributed by atoms with Crippen molar-refractivity contribution in [1.82, 2.24) is 15.5 Å². The SMILES string of the molecule is CNCc1cccc(OCc2noc(C3CC3)n2)c1. The van der Waals surface area contributed by atoms with Crippen LogP contribution in [0, 0.1) is 0 Å². The van der Waals surface area contributed by atoms with E-state index in [0.29, 0.717) is 18.3 Å². The van der Waals surface area contributed by atoms with Gasteiger partial charge in [-0.1, -0.05) is 17.3 Å². The number of rotatable bonds is 6. The second-order valence-electron chi connectivity index (χ2n) is 4.79. The minimum absolute atomic E-state index is 0.346.